The van der Waals surface area contributed by atoms with Gasteiger partial charge in [0.05, 0.1) is 11.2 Å². The van der Waals surface area contributed by atoms with Gasteiger partial charge in [0.25, 0.3) is 5.91 Å². The van der Waals surface area contributed by atoms with E-state index in [-0.39, 0.29) is 11.5 Å². The van der Waals surface area contributed by atoms with E-state index in [1.54, 1.807) is 35.3 Å². The Morgan fingerprint density at radius 3 is 2.62 bits per heavy atom. The molecule has 0 radical (unpaired) electrons. The summed E-state index contributed by atoms with van der Waals surface area (Å²) in [5, 5.41) is 8.10. The minimum Gasteiger partial charge on any atom is -0.382 e. The maximum absolute atomic E-state index is 12.9. The average Bonchev–Trinajstić information content (AvgIpc) is 3.25. The van der Waals surface area contributed by atoms with Crippen molar-refractivity contribution >= 4 is 28.4 Å². The summed E-state index contributed by atoms with van der Waals surface area (Å²) in [7, 11) is 1.82. The van der Waals surface area contributed by atoms with Crippen LogP contribution in [-0.2, 0) is 7.05 Å². The largest absolute Gasteiger partial charge is 0.382 e. The third kappa shape index (κ3) is 3.63. The van der Waals surface area contributed by atoms with Gasteiger partial charge in [-0.2, -0.15) is 5.10 Å². The number of carbonyl (C=O) groups excluding carboxylic acids is 1. The monoisotopic (exact) mass is 422 g/mol. The number of benzene rings is 1. The van der Waals surface area contributed by atoms with Crippen LogP contribution in [0.2, 0.25) is 0 Å². The Hall–Kier alpha value is -4.66. The molecule has 0 atom stereocenters. The molecule has 0 aliphatic heterocycles. The number of nitrogen functional groups attached to an aromatic ring is 1. The van der Waals surface area contributed by atoms with Crippen LogP contribution in [0.4, 0.5) is 11.6 Å². The lowest BCUT2D eigenvalue weighted by atomic mass is 10.0. The van der Waals surface area contributed by atoms with Gasteiger partial charge in [0.2, 0.25) is 0 Å². The number of aryl methyl sites for hydroxylation is 1. The quantitative estimate of drug-likeness (QED) is 0.455. The molecule has 4 heterocycles. The number of amides is 1. The summed E-state index contributed by atoms with van der Waals surface area (Å²) in [6, 6.07) is 16.6. The number of nitrogens with zero attached hydrogens (tertiary/aromatic N) is 6. The first-order valence-corrected chi connectivity index (χ1v) is 9.83. The standard InChI is InChI=1S/C23H18N8O/c1-31-12-9-17(30-31)20-19(15-7-8-16-14(13-15)5-4-11-25-16)28-21(22(24)29-20)23(32)27-18-6-2-3-10-26-18/h2-13H,1H3,(H2,24,29)(H,26,27,32). The maximum Gasteiger partial charge on any atom is 0.279 e. The Morgan fingerprint density at radius 1 is 0.969 bits per heavy atom. The highest BCUT2D eigenvalue weighted by atomic mass is 16.2. The van der Waals surface area contributed by atoms with Gasteiger partial charge < -0.3 is 11.1 Å². The van der Waals surface area contributed by atoms with Gasteiger partial charge in [0.15, 0.2) is 11.5 Å². The SMILES string of the molecule is Cn1ccc(-c2nc(N)c(C(=O)Nc3ccccn3)nc2-c2ccc3ncccc3c2)n1. The van der Waals surface area contributed by atoms with Crippen LogP contribution in [0.3, 0.4) is 0 Å². The maximum atomic E-state index is 12.9. The number of nitrogens with two attached hydrogens (primary N) is 1. The second kappa shape index (κ2) is 7.88. The Kier molecular flexibility index (Phi) is 4.75. The number of hydrogen-bond donors (Lipinski definition) is 2. The third-order valence-corrected chi connectivity index (χ3v) is 4.88. The van der Waals surface area contributed by atoms with Gasteiger partial charge in [0, 0.05) is 36.6 Å². The molecule has 0 spiro atoms. The van der Waals surface area contributed by atoms with Gasteiger partial charge in [-0.15, -0.1) is 0 Å². The van der Waals surface area contributed by atoms with Crippen molar-refractivity contribution in [1.82, 2.24) is 29.7 Å². The predicted molar refractivity (Wildman–Crippen MR) is 122 cm³/mol. The van der Waals surface area contributed by atoms with E-state index in [2.05, 4.69) is 30.4 Å². The number of anilines is 2. The van der Waals surface area contributed by atoms with Crippen LogP contribution in [-0.4, -0.2) is 35.6 Å². The number of nitrogens with one attached hydrogen (secondary N) is 1. The van der Waals surface area contributed by atoms with Crippen LogP contribution >= 0.6 is 0 Å². The zero-order valence-electron chi connectivity index (χ0n) is 17.1. The van der Waals surface area contributed by atoms with E-state index < -0.39 is 5.91 Å². The van der Waals surface area contributed by atoms with Crippen molar-refractivity contribution in [3.05, 3.63) is 78.9 Å². The minimum atomic E-state index is -0.495. The summed E-state index contributed by atoms with van der Waals surface area (Å²) >= 11 is 0. The van der Waals surface area contributed by atoms with Crippen molar-refractivity contribution in [2.45, 2.75) is 0 Å². The van der Waals surface area contributed by atoms with Crippen molar-refractivity contribution in [2.24, 2.45) is 7.05 Å². The molecule has 0 saturated heterocycles. The number of pyridine rings is 2. The molecule has 0 bridgehead atoms. The molecule has 0 fully saturated rings. The smallest absolute Gasteiger partial charge is 0.279 e. The second-order valence-electron chi connectivity index (χ2n) is 7.11. The molecule has 1 aromatic carbocycles. The lowest BCUT2D eigenvalue weighted by Crippen LogP contribution is -2.18. The van der Waals surface area contributed by atoms with Crippen molar-refractivity contribution in [3.8, 4) is 22.6 Å². The van der Waals surface area contributed by atoms with Gasteiger partial charge >= 0.3 is 0 Å². The normalized spacial score (nSPS) is 10.9. The number of carbonyl (C=O) groups is 1. The van der Waals surface area contributed by atoms with E-state index in [0.717, 1.165) is 16.5 Å². The van der Waals surface area contributed by atoms with Gasteiger partial charge in [-0.05, 0) is 36.4 Å². The van der Waals surface area contributed by atoms with Crippen LogP contribution in [0, 0.1) is 0 Å². The topological polar surface area (TPSA) is 124 Å². The molecule has 9 nitrogen and oxygen atoms in total. The summed E-state index contributed by atoms with van der Waals surface area (Å²) < 4.78 is 1.67. The van der Waals surface area contributed by atoms with Gasteiger partial charge in [0.1, 0.15) is 17.2 Å². The fraction of sp³-hybridized carbons (Fsp3) is 0.0435. The molecule has 156 valence electrons. The third-order valence-electron chi connectivity index (χ3n) is 4.88. The van der Waals surface area contributed by atoms with Crippen LogP contribution in [0.5, 0.6) is 0 Å². The van der Waals surface area contributed by atoms with Gasteiger partial charge in [-0.1, -0.05) is 18.2 Å². The van der Waals surface area contributed by atoms with E-state index in [4.69, 9.17) is 5.73 Å². The van der Waals surface area contributed by atoms with Crippen molar-refractivity contribution in [2.75, 3.05) is 11.1 Å². The Morgan fingerprint density at radius 2 is 1.84 bits per heavy atom. The van der Waals surface area contributed by atoms with Gasteiger partial charge in [-0.25, -0.2) is 15.0 Å². The summed E-state index contributed by atoms with van der Waals surface area (Å²) in [5.41, 5.74) is 9.38. The summed E-state index contributed by atoms with van der Waals surface area (Å²) in [6.07, 6.45) is 5.14. The molecule has 32 heavy (non-hydrogen) atoms. The summed E-state index contributed by atoms with van der Waals surface area (Å²) in [6.45, 7) is 0. The summed E-state index contributed by atoms with van der Waals surface area (Å²) in [5.74, 6) is -0.0962. The molecule has 5 aromatic rings. The Labute approximate surface area is 183 Å². The number of rotatable bonds is 4. The number of aromatic nitrogens is 6. The highest BCUT2D eigenvalue weighted by molar-refractivity contribution is 6.06. The van der Waals surface area contributed by atoms with Crippen LogP contribution < -0.4 is 11.1 Å². The fourth-order valence-electron chi connectivity index (χ4n) is 3.37. The van der Waals surface area contributed by atoms with E-state index in [0.29, 0.717) is 22.9 Å². The number of hydrogen-bond acceptors (Lipinski definition) is 7. The molecule has 5 rings (SSSR count). The Bertz CT molecular complexity index is 1450. The molecule has 0 saturated carbocycles. The first kappa shape index (κ1) is 19.3. The molecule has 0 unspecified atom stereocenters. The zero-order valence-corrected chi connectivity index (χ0v) is 17.1. The lowest BCUT2D eigenvalue weighted by molar-refractivity contribution is 0.102. The summed E-state index contributed by atoms with van der Waals surface area (Å²) in [4.78, 5) is 30.6. The van der Waals surface area contributed by atoms with E-state index in [1.165, 1.54) is 0 Å². The lowest BCUT2D eigenvalue weighted by Gasteiger charge is -2.12. The number of fused-ring (bicyclic) bond motifs is 1. The first-order valence-electron chi connectivity index (χ1n) is 9.83. The van der Waals surface area contributed by atoms with E-state index in [9.17, 15) is 4.79 Å². The van der Waals surface area contributed by atoms with E-state index in [1.807, 2.05) is 49.6 Å². The molecule has 9 heteroatoms. The van der Waals surface area contributed by atoms with Crippen LogP contribution in [0.1, 0.15) is 10.5 Å². The van der Waals surface area contributed by atoms with Crippen molar-refractivity contribution < 1.29 is 4.79 Å². The van der Waals surface area contributed by atoms with Crippen molar-refractivity contribution in [3.63, 3.8) is 0 Å². The molecule has 4 aromatic heterocycles. The molecule has 3 N–H and O–H groups in total. The minimum absolute atomic E-state index is 0.00490. The van der Waals surface area contributed by atoms with Crippen LogP contribution in [0.15, 0.2) is 73.2 Å². The predicted octanol–water partition coefficient (Wildman–Crippen LogP) is 3.32. The van der Waals surface area contributed by atoms with E-state index >= 15 is 0 Å². The molecule has 0 aliphatic rings. The first-order chi connectivity index (χ1) is 15.6. The average molecular weight is 422 g/mol. The Balaban J connectivity index is 1.66. The van der Waals surface area contributed by atoms with Crippen molar-refractivity contribution in [1.29, 1.82) is 0 Å². The molecule has 0 aliphatic carbocycles. The molecule has 1 amide bonds. The molecular weight excluding hydrogens is 404 g/mol. The van der Waals surface area contributed by atoms with Gasteiger partial charge in [-0.3, -0.25) is 14.5 Å². The molecular formula is C23H18N8O. The highest BCUT2D eigenvalue weighted by Crippen LogP contribution is 2.31. The zero-order chi connectivity index (χ0) is 22.1. The second-order valence-corrected chi connectivity index (χ2v) is 7.11. The van der Waals surface area contributed by atoms with Crippen LogP contribution in [0.25, 0.3) is 33.5 Å². The fourth-order valence-corrected chi connectivity index (χ4v) is 3.37. The highest BCUT2D eigenvalue weighted by Gasteiger charge is 2.21.